The Balaban J connectivity index is 2.07. The van der Waals surface area contributed by atoms with Crippen molar-refractivity contribution in [3.63, 3.8) is 0 Å². The van der Waals surface area contributed by atoms with Gasteiger partial charge in [-0.2, -0.15) is 0 Å². The summed E-state index contributed by atoms with van der Waals surface area (Å²) in [7, 11) is 0. The zero-order valence-electron chi connectivity index (χ0n) is 15.6. The van der Waals surface area contributed by atoms with Gasteiger partial charge in [-0.05, 0) is 51.9 Å². The predicted molar refractivity (Wildman–Crippen MR) is 103 cm³/mol. The highest BCUT2D eigenvalue weighted by molar-refractivity contribution is 7.80. The van der Waals surface area contributed by atoms with Crippen LogP contribution < -0.4 is 16.2 Å². The molecule has 0 radical (unpaired) electrons. The molecule has 4 atom stereocenters. The van der Waals surface area contributed by atoms with E-state index in [1.54, 1.807) is 6.92 Å². The second-order valence-electron chi connectivity index (χ2n) is 8.58. The van der Waals surface area contributed by atoms with E-state index < -0.39 is 22.8 Å². The standard InChI is InChI=1S/C19H27N3O3S/c1-17(2,3)25-15(23)14-13(12-8-6-5-7-9-12)10-18(4,24)11-19(14)20-16(26)21-22-19/h5-9,13-14,22,24H,10-11H2,1-4H3,(H2,20,21,26)/t13-,14-,18+,19+/m1/s1. The van der Waals surface area contributed by atoms with Crippen LogP contribution in [-0.4, -0.2) is 33.1 Å². The molecule has 0 aromatic heterocycles. The molecular formula is C19H27N3O3S. The summed E-state index contributed by atoms with van der Waals surface area (Å²) < 4.78 is 5.75. The fourth-order valence-electron chi connectivity index (χ4n) is 4.14. The van der Waals surface area contributed by atoms with Gasteiger partial charge in [0.1, 0.15) is 17.2 Å². The van der Waals surface area contributed by atoms with Crippen LogP contribution in [0, 0.1) is 5.92 Å². The molecule has 1 heterocycles. The van der Waals surface area contributed by atoms with E-state index in [9.17, 15) is 9.90 Å². The van der Waals surface area contributed by atoms with Gasteiger partial charge in [0.25, 0.3) is 0 Å². The molecule has 1 aliphatic carbocycles. The Kier molecular flexibility index (Phi) is 4.75. The molecule has 3 rings (SSSR count). The Bertz CT molecular complexity index is 702. The largest absolute Gasteiger partial charge is 0.460 e. The summed E-state index contributed by atoms with van der Waals surface area (Å²) in [4.78, 5) is 13.2. The van der Waals surface area contributed by atoms with Crippen molar-refractivity contribution in [2.75, 3.05) is 0 Å². The summed E-state index contributed by atoms with van der Waals surface area (Å²) in [5, 5.41) is 14.5. The minimum absolute atomic E-state index is 0.225. The number of aliphatic hydroxyl groups is 1. The monoisotopic (exact) mass is 377 g/mol. The minimum atomic E-state index is -0.972. The third kappa shape index (κ3) is 3.84. The Morgan fingerprint density at radius 3 is 2.50 bits per heavy atom. The van der Waals surface area contributed by atoms with Crippen LogP contribution in [0.15, 0.2) is 30.3 Å². The van der Waals surface area contributed by atoms with Gasteiger partial charge in [-0.25, -0.2) is 5.43 Å². The quantitative estimate of drug-likeness (QED) is 0.463. The third-order valence-corrected chi connectivity index (χ3v) is 5.08. The average molecular weight is 378 g/mol. The van der Waals surface area contributed by atoms with E-state index in [-0.39, 0.29) is 11.9 Å². The van der Waals surface area contributed by atoms with Crippen LogP contribution in [0.5, 0.6) is 0 Å². The molecule has 1 saturated heterocycles. The van der Waals surface area contributed by atoms with Gasteiger partial charge < -0.3 is 15.2 Å². The Morgan fingerprint density at radius 2 is 1.96 bits per heavy atom. The van der Waals surface area contributed by atoms with Crippen molar-refractivity contribution in [3.05, 3.63) is 35.9 Å². The molecule has 26 heavy (non-hydrogen) atoms. The maximum atomic E-state index is 13.2. The molecule has 2 fully saturated rings. The second kappa shape index (κ2) is 6.48. The first-order valence-corrected chi connectivity index (χ1v) is 9.28. The average Bonchev–Trinajstić information content (AvgIpc) is 2.85. The highest BCUT2D eigenvalue weighted by atomic mass is 32.1. The van der Waals surface area contributed by atoms with Gasteiger partial charge >= 0.3 is 5.97 Å². The van der Waals surface area contributed by atoms with E-state index in [4.69, 9.17) is 17.0 Å². The molecule has 4 N–H and O–H groups in total. The first-order valence-electron chi connectivity index (χ1n) is 8.87. The molecule has 1 aromatic carbocycles. The van der Waals surface area contributed by atoms with Gasteiger partial charge in [0.15, 0.2) is 5.11 Å². The number of nitrogens with one attached hydrogen (secondary N) is 3. The van der Waals surface area contributed by atoms with E-state index in [0.717, 1.165) is 5.56 Å². The molecule has 2 aliphatic rings. The highest BCUT2D eigenvalue weighted by Gasteiger charge is 2.59. The van der Waals surface area contributed by atoms with Crippen molar-refractivity contribution in [2.24, 2.45) is 5.92 Å². The zero-order valence-corrected chi connectivity index (χ0v) is 16.4. The van der Waals surface area contributed by atoms with E-state index in [0.29, 0.717) is 18.0 Å². The number of esters is 1. The second-order valence-corrected chi connectivity index (χ2v) is 8.99. The normalized spacial score (nSPS) is 34.3. The number of ether oxygens (including phenoxy) is 1. The van der Waals surface area contributed by atoms with Crippen LogP contribution in [0.3, 0.4) is 0 Å². The van der Waals surface area contributed by atoms with Crippen molar-refractivity contribution in [1.82, 2.24) is 16.2 Å². The molecule has 1 aliphatic heterocycles. The van der Waals surface area contributed by atoms with E-state index in [1.807, 2.05) is 51.1 Å². The van der Waals surface area contributed by atoms with Crippen LogP contribution in [-0.2, 0) is 9.53 Å². The van der Waals surface area contributed by atoms with Crippen molar-refractivity contribution in [3.8, 4) is 0 Å². The van der Waals surface area contributed by atoms with Crippen LogP contribution in [0.1, 0.15) is 52.0 Å². The fourth-order valence-corrected chi connectivity index (χ4v) is 4.37. The van der Waals surface area contributed by atoms with Crippen molar-refractivity contribution < 1.29 is 14.6 Å². The lowest BCUT2D eigenvalue weighted by Crippen LogP contribution is -2.67. The lowest BCUT2D eigenvalue weighted by atomic mass is 9.64. The fraction of sp³-hybridized carbons (Fsp3) is 0.579. The van der Waals surface area contributed by atoms with Gasteiger partial charge in [-0.3, -0.25) is 10.2 Å². The SMILES string of the molecule is CC(C)(C)OC(=O)[C@H]1[C@@H](c2ccccc2)C[C@](C)(O)C[C@]12NNC(=S)N2. The Labute approximate surface area is 159 Å². The van der Waals surface area contributed by atoms with Crippen molar-refractivity contribution in [2.45, 2.75) is 63.3 Å². The molecule has 0 bridgehead atoms. The van der Waals surface area contributed by atoms with Crippen LogP contribution in [0.2, 0.25) is 0 Å². The highest BCUT2D eigenvalue weighted by Crippen LogP contribution is 2.48. The summed E-state index contributed by atoms with van der Waals surface area (Å²) in [6, 6.07) is 9.78. The van der Waals surface area contributed by atoms with E-state index in [2.05, 4.69) is 16.2 Å². The topological polar surface area (TPSA) is 82.6 Å². The van der Waals surface area contributed by atoms with E-state index in [1.165, 1.54) is 0 Å². The number of rotatable bonds is 2. The summed E-state index contributed by atoms with van der Waals surface area (Å²) in [5.74, 6) is -1.09. The number of carbonyl (C=O) groups is 1. The lowest BCUT2D eigenvalue weighted by Gasteiger charge is -2.49. The molecule has 1 aromatic rings. The first-order chi connectivity index (χ1) is 12.0. The maximum absolute atomic E-state index is 13.2. The third-order valence-electron chi connectivity index (χ3n) is 4.88. The lowest BCUT2D eigenvalue weighted by molar-refractivity contribution is -0.170. The number of hydrogen-bond acceptors (Lipinski definition) is 5. The minimum Gasteiger partial charge on any atom is -0.460 e. The van der Waals surface area contributed by atoms with Crippen LogP contribution in [0.25, 0.3) is 0 Å². The number of hydrogen-bond donors (Lipinski definition) is 4. The van der Waals surface area contributed by atoms with Crippen LogP contribution in [0.4, 0.5) is 0 Å². The molecule has 0 unspecified atom stereocenters. The van der Waals surface area contributed by atoms with Gasteiger partial charge in [-0.15, -0.1) is 0 Å². The van der Waals surface area contributed by atoms with E-state index >= 15 is 0 Å². The summed E-state index contributed by atoms with van der Waals surface area (Å²) >= 11 is 5.23. The maximum Gasteiger partial charge on any atom is 0.313 e. The van der Waals surface area contributed by atoms with Crippen LogP contribution >= 0.6 is 12.2 Å². The smallest absolute Gasteiger partial charge is 0.313 e. The summed E-state index contributed by atoms with van der Waals surface area (Å²) in [6.45, 7) is 7.35. The van der Waals surface area contributed by atoms with Gasteiger partial charge in [0.05, 0.1) is 5.60 Å². The number of benzene rings is 1. The number of carbonyl (C=O) groups excluding carboxylic acids is 1. The molecule has 1 spiro atoms. The molecule has 0 amide bonds. The zero-order chi connectivity index (χ0) is 19.2. The number of thiocarbonyl (C=S) groups is 1. The predicted octanol–water partition coefficient (Wildman–Crippen LogP) is 1.95. The summed E-state index contributed by atoms with van der Waals surface area (Å²) in [6.07, 6.45) is 0.777. The summed E-state index contributed by atoms with van der Waals surface area (Å²) in [5.41, 5.74) is 4.52. The Hall–Kier alpha value is -1.70. The van der Waals surface area contributed by atoms with Gasteiger partial charge in [-0.1, -0.05) is 30.3 Å². The van der Waals surface area contributed by atoms with Crippen molar-refractivity contribution >= 4 is 23.3 Å². The van der Waals surface area contributed by atoms with Gasteiger partial charge in [0.2, 0.25) is 0 Å². The van der Waals surface area contributed by atoms with Gasteiger partial charge in [0, 0.05) is 12.3 Å². The Morgan fingerprint density at radius 1 is 1.31 bits per heavy atom. The molecule has 1 saturated carbocycles. The molecule has 6 nitrogen and oxygen atoms in total. The van der Waals surface area contributed by atoms with Crippen molar-refractivity contribution in [1.29, 1.82) is 0 Å². The first kappa shape index (κ1) is 19.1. The number of hydrazine groups is 1. The molecule has 142 valence electrons. The molecular weight excluding hydrogens is 350 g/mol. The molecule has 7 heteroatoms.